The van der Waals surface area contributed by atoms with Gasteiger partial charge in [-0.2, -0.15) is 0 Å². The fraction of sp³-hybridized carbons (Fsp3) is 0.333. The molecule has 160 valence electrons. The number of hydrogen-bond donors (Lipinski definition) is 2. The van der Waals surface area contributed by atoms with Gasteiger partial charge in [0.05, 0.1) is 17.8 Å². The summed E-state index contributed by atoms with van der Waals surface area (Å²) in [7, 11) is 1.38. The second-order valence-electron chi connectivity index (χ2n) is 7.59. The second-order valence-corrected chi connectivity index (χ2v) is 8.57. The number of amides is 2. The molecule has 0 heterocycles. The summed E-state index contributed by atoms with van der Waals surface area (Å²) in [5, 5.41) is 16.7. The molecule has 2 aromatic rings. The van der Waals surface area contributed by atoms with Gasteiger partial charge in [0, 0.05) is 28.6 Å². The fourth-order valence-electron chi connectivity index (χ4n) is 2.54. The lowest BCUT2D eigenvalue weighted by molar-refractivity contribution is -0.385. The van der Waals surface area contributed by atoms with Gasteiger partial charge in [-0.3, -0.25) is 19.7 Å². The lowest BCUT2D eigenvalue weighted by Crippen LogP contribution is -2.40. The fourth-order valence-corrected chi connectivity index (χ4v) is 3.32. The average molecular weight is 432 g/mol. The van der Waals surface area contributed by atoms with Crippen LogP contribution in [0.15, 0.2) is 42.5 Å². The standard InChI is InChI=1S/C21H25N3O5S/c1-21(2,3)23-20(26)15-6-8-16(9-7-15)22-19(25)13-30-12-14-5-10-18(29-4)17(11-14)24(27)28/h5-11H,12-13H2,1-4H3,(H,22,25)(H,23,26). The molecule has 0 bridgehead atoms. The number of nitrogens with zero attached hydrogens (tertiary/aromatic N) is 1. The number of thioether (sulfide) groups is 1. The summed E-state index contributed by atoms with van der Waals surface area (Å²) in [6, 6.07) is 11.4. The minimum atomic E-state index is -0.495. The molecular formula is C21H25N3O5S. The van der Waals surface area contributed by atoms with E-state index in [1.807, 2.05) is 20.8 Å². The Morgan fingerprint density at radius 1 is 1.13 bits per heavy atom. The van der Waals surface area contributed by atoms with E-state index in [1.165, 1.54) is 24.9 Å². The molecule has 0 aromatic heterocycles. The first-order chi connectivity index (χ1) is 14.1. The molecule has 0 saturated carbocycles. The first kappa shape index (κ1) is 23.2. The van der Waals surface area contributed by atoms with Crippen molar-refractivity contribution in [3.05, 3.63) is 63.7 Å². The van der Waals surface area contributed by atoms with Crippen molar-refractivity contribution in [2.75, 3.05) is 18.2 Å². The largest absolute Gasteiger partial charge is 0.490 e. The van der Waals surface area contributed by atoms with Gasteiger partial charge in [-0.1, -0.05) is 6.07 Å². The van der Waals surface area contributed by atoms with Crippen molar-refractivity contribution in [3.8, 4) is 5.75 Å². The molecule has 2 aromatic carbocycles. The number of ether oxygens (including phenoxy) is 1. The SMILES string of the molecule is COc1ccc(CSCC(=O)Nc2ccc(C(=O)NC(C)(C)C)cc2)cc1[N+](=O)[O-]. The van der Waals surface area contributed by atoms with Crippen LogP contribution in [-0.2, 0) is 10.5 Å². The monoisotopic (exact) mass is 431 g/mol. The van der Waals surface area contributed by atoms with E-state index in [4.69, 9.17) is 4.74 Å². The van der Waals surface area contributed by atoms with E-state index in [2.05, 4.69) is 10.6 Å². The number of carbonyl (C=O) groups excluding carboxylic acids is 2. The molecule has 0 spiro atoms. The van der Waals surface area contributed by atoms with Crippen molar-refractivity contribution < 1.29 is 19.2 Å². The third kappa shape index (κ3) is 7.07. The van der Waals surface area contributed by atoms with E-state index in [0.717, 1.165) is 5.56 Å². The summed E-state index contributed by atoms with van der Waals surface area (Å²) in [6.45, 7) is 5.71. The maximum absolute atomic E-state index is 12.1. The molecule has 0 fully saturated rings. The van der Waals surface area contributed by atoms with Crippen LogP contribution in [0.25, 0.3) is 0 Å². The highest BCUT2D eigenvalue weighted by Crippen LogP contribution is 2.29. The number of nitro benzene ring substituents is 1. The topological polar surface area (TPSA) is 111 Å². The van der Waals surface area contributed by atoms with Crippen LogP contribution in [0.2, 0.25) is 0 Å². The quantitative estimate of drug-likeness (QED) is 0.483. The van der Waals surface area contributed by atoms with Gasteiger partial charge in [-0.05, 0) is 56.7 Å². The van der Waals surface area contributed by atoms with Gasteiger partial charge >= 0.3 is 5.69 Å². The molecule has 0 atom stereocenters. The Morgan fingerprint density at radius 2 is 1.80 bits per heavy atom. The Hall–Kier alpha value is -3.07. The van der Waals surface area contributed by atoms with E-state index < -0.39 is 4.92 Å². The van der Waals surface area contributed by atoms with Crippen molar-refractivity contribution in [1.29, 1.82) is 0 Å². The van der Waals surface area contributed by atoms with Crippen LogP contribution in [0.1, 0.15) is 36.7 Å². The van der Waals surface area contributed by atoms with E-state index in [9.17, 15) is 19.7 Å². The summed E-state index contributed by atoms with van der Waals surface area (Å²) in [5.74, 6) is 0.460. The number of methoxy groups -OCH3 is 1. The Kier molecular flexibility index (Phi) is 7.82. The smallest absolute Gasteiger partial charge is 0.311 e. The summed E-state index contributed by atoms with van der Waals surface area (Å²) in [4.78, 5) is 34.9. The van der Waals surface area contributed by atoms with Crippen LogP contribution in [0.4, 0.5) is 11.4 Å². The average Bonchev–Trinajstić information content (AvgIpc) is 2.67. The number of carbonyl (C=O) groups is 2. The molecule has 0 aliphatic carbocycles. The lowest BCUT2D eigenvalue weighted by Gasteiger charge is -2.20. The molecule has 30 heavy (non-hydrogen) atoms. The van der Waals surface area contributed by atoms with Gasteiger partial charge in [0.15, 0.2) is 5.75 Å². The number of nitro groups is 1. The second kappa shape index (κ2) is 10.1. The van der Waals surface area contributed by atoms with Crippen LogP contribution in [-0.4, -0.2) is 35.1 Å². The summed E-state index contributed by atoms with van der Waals surface area (Å²) >= 11 is 1.34. The zero-order valence-electron chi connectivity index (χ0n) is 17.4. The summed E-state index contributed by atoms with van der Waals surface area (Å²) in [6.07, 6.45) is 0. The van der Waals surface area contributed by atoms with Crippen LogP contribution in [0, 0.1) is 10.1 Å². The maximum atomic E-state index is 12.1. The third-order valence-electron chi connectivity index (χ3n) is 3.86. The van der Waals surface area contributed by atoms with Gasteiger partial charge < -0.3 is 15.4 Å². The molecule has 0 unspecified atom stereocenters. The highest BCUT2D eigenvalue weighted by atomic mass is 32.2. The zero-order valence-corrected chi connectivity index (χ0v) is 18.2. The minimum Gasteiger partial charge on any atom is -0.490 e. The van der Waals surface area contributed by atoms with E-state index in [0.29, 0.717) is 17.0 Å². The predicted molar refractivity (Wildman–Crippen MR) is 118 cm³/mol. The van der Waals surface area contributed by atoms with Crippen molar-refractivity contribution in [2.24, 2.45) is 0 Å². The number of anilines is 1. The zero-order chi connectivity index (χ0) is 22.3. The van der Waals surface area contributed by atoms with E-state index >= 15 is 0 Å². The van der Waals surface area contributed by atoms with Crippen LogP contribution >= 0.6 is 11.8 Å². The van der Waals surface area contributed by atoms with Crippen molar-refractivity contribution in [1.82, 2.24) is 5.32 Å². The minimum absolute atomic E-state index is 0.101. The molecule has 0 aliphatic rings. The Morgan fingerprint density at radius 3 is 2.37 bits per heavy atom. The highest BCUT2D eigenvalue weighted by molar-refractivity contribution is 7.99. The Labute approximate surface area is 179 Å². The van der Waals surface area contributed by atoms with Crippen molar-refractivity contribution in [3.63, 3.8) is 0 Å². The Balaban J connectivity index is 1.86. The summed E-state index contributed by atoms with van der Waals surface area (Å²) < 4.78 is 4.98. The lowest BCUT2D eigenvalue weighted by atomic mass is 10.1. The molecule has 9 heteroatoms. The van der Waals surface area contributed by atoms with Crippen LogP contribution in [0.3, 0.4) is 0 Å². The van der Waals surface area contributed by atoms with Gasteiger partial charge in [-0.25, -0.2) is 0 Å². The highest BCUT2D eigenvalue weighted by Gasteiger charge is 2.16. The number of nitrogens with one attached hydrogen (secondary N) is 2. The molecule has 0 aliphatic heterocycles. The van der Waals surface area contributed by atoms with Crippen LogP contribution < -0.4 is 15.4 Å². The molecule has 2 amide bonds. The van der Waals surface area contributed by atoms with Gasteiger partial charge in [-0.15, -0.1) is 11.8 Å². The van der Waals surface area contributed by atoms with E-state index in [-0.39, 0.29) is 34.5 Å². The number of rotatable bonds is 8. The summed E-state index contributed by atoms with van der Waals surface area (Å²) in [5.41, 5.74) is 1.41. The first-order valence-electron chi connectivity index (χ1n) is 9.20. The van der Waals surface area contributed by atoms with Crippen molar-refractivity contribution >= 4 is 35.0 Å². The Bertz CT molecular complexity index is 923. The number of hydrogen-bond acceptors (Lipinski definition) is 6. The van der Waals surface area contributed by atoms with Crippen LogP contribution in [0.5, 0.6) is 5.75 Å². The predicted octanol–water partition coefficient (Wildman–Crippen LogP) is 4.00. The van der Waals surface area contributed by atoms with Gasteiger partial charge in [0.2, 0.25) is 5.91 Å². The molecule has 8 nitrogen and oxygen atoms in total. The van der Waals surface area contributed by atoms with Gasteiger partial charge in [0.1, 0.15) is 0 Å². The van der Waals surface area contributed by atoms with Gasteiger partial charge in [0.25, 0.3) is 5.91 Å². The normalized spacial score (nSPS) is 10.9. The molecular weight excluding hydrogens is 406 g/mol. The number of benzene rings is 2. The molecule has 2 rings (SSSR count). The maximum Gasteiger partial charge on any atom is 0.311 e. The first-order valence-corrected chi connectivity index (χ1v) is 10.4. The molecule has 0 saturated heterocycles. The van der Waals surface area contributed by atoms with Crippen molar-refractivity contribution in [2.45, 2.75) is 32.1 Å². The molecule has 0 radical (unpaired) electrons. The molecule has 2 N–H and O–H groups in total. The third-order valence-corrected chi connectivity index (χ3v) is 4.86. The van der Waals surface area contributed by atoms with E-state index in [1.54, 1.807) is 36.4 Å².